The molecule has 152 valence electrons. The third-order valence-electron chi connectivity index (χ3n) is 5.23. The number of thiophene rings is 1. The largest absolute Gasteiger partial charge is 0.340 e. The van der Waals surface area contributed by atoms with E-state index in [0.29, 0.717) is 5.56 Å². The van der Waals surface area contributed by atoms with Crippen LogP contribution in [0.2, 0.25) is 0 Å². The Balaban J connectivity index is 1.49. The molecule has 0 spiro atoms. The molecule has 2 heterocycles. The van der Waals surface area contributed by atoms with Gasteiger partial charge in [-0.15, -0.1) is 11.3 Å². The van der Waals surface area contributed by atoms with Crippen molar-refractivity contribution < 1.29 is 14.4 Å². The van der Waals surface area contributed by atoms with Crippen molar-refractivity contribution in [3.8, 4) is 0 Å². The lowest BCUT2D eigenvalue weighted by atomic mass is 10.0. The molecule has 1 N–H and O–H groups in total. The lowest BCUT2D eigenvalue weighted by molar-refractivity contribution is -0.139. The standard InChI is InChI=1S/C24H22N2O3S/c1-16-4-8-18(9-5-16)23(20-3-2-14-30-20)25-24(29)19-10-6-17(7-11-19)15-26-21(27)12-13-22(26)28/h2-11,14,23H,12-13,15H2,1H3,(H,25,29). The minimum atomic E-state index is -0.224. The van der Waals surface area contributed by atoms with E-state index in [-0.39, 0.29) is 43.1 Å². The van der Waals surface area contributed by atoms with Gasteiger partial charge in [0.2, 0.25) is 11.8 Å². The average Bonchev–Trinajstić information content (AvgIpc) is 3.39. The molecule has 1 fully saturated rings. The number of hydrogen-bond donors (Lipinski definition) is 1. The van der Waals surface area contributed by atoms with Gasteiger partial charge < -0.3 is 5.32 Å². The smallest absolute Gasteiger partial charge is 0.252 e. The fraction of sp³-hybridized carbons (Fsp3) is 0.208. The Morgan fingerprint density at radius 2 is 1.67 bits per heavy atom. The minimum Gasteiger partial charge on any atom is -0.340 e. The molecule has 3 amide bonds. The fourth-order valence-electron chi connectivity index (χ4n) is 3.49. The lowest BCUT2D eigenvalue weighted by Gasteiger charge is -2.19. The van der Waals surface area contributed by atoms with Gasteiger partial charge in [-0.1, -0.05) is 48.0 Å². The molecular weight excluding hydrogens is 396 g/mol. The van der Waals surface area contributed by atoms with Crippen molar-refractivity contribution in [2.75, 3.05) is 0 Å². The van der Waals surface area contributed by atoms with Crippen LogP contribution in [0.25, 0.3) is 0 Å². The Labute approximate surface area is 179 Å². The predicted molar refractivity (Wildman–Crippen MR) is 116 cm³/mol. The number of benzene rings is 2. The number of amides is 3. The molecule has 5 nitrogen and oxygen atoms in total. The van der Waals surface area contributed by atoms with Crippen LogP contribution in [0.15, 0.2) is 66.0 Å². The number of rotatable bonds is 6. The van der Waals surface area contributed by atoms with E-state index in [1.807, 2.05) is 48.7 Å². The fourth-order valence-corrected chi connectivity index (χ4v) is 4.29. The van der Waals surface area contributed by atoms with Gasteiger partial charge >= 0.3 is 0 Å². The number of aryl methyl sites for hydroxylation is 1. The zero-order chi connectivity index (χ0) is 21.1. The highest BCUT2D eigenvalue weighted by molar-refractivity contribution is 7.10. The van der Waals surface area contributed by atoms with Crippen LogP contribution in [-0.4, -0.2) is 22.6 Å². The number of hydrogen-bond acceptors (Lipinski definition) is 4. The van der Waals surface area contributed by atoms with Crippen molar-refractivity contribution in [1.82, 2.24) is 10.2 Å². The van der Waals surface area contributed by atoms with Crippen molar-refractivity contribution in [2.24, 2.45) is 0 Å². The second-order valence-electron chi connectivity index (χ2n) is 7.40. The van der Waals surface area contributed by atoms with Crippen LogP contribution in [0.4, 0.5) is 0 Å². The maximum atomic E-state index is 12.9. The molecule has 0 aliphatic carbocycles. The molecule has 4 rings (SSSR count). The highest BCUT2D eigenvalue weighted by atomic mass is 32.1. The predicted octanol–water partition coefficient (Wildman–Crippen LogP) is 4.22. The van der Waals surface area contributed by atoms with E-state index in [9.17, 15) is 14.4 Å². The quantitative estimate of drug-likeness (QED) is 0.610. The summed E-state index contributed by atoms with van der Waals surface area (Å²) in [6.07, 6.45) is 0.560. The summed E-state index contributed by atoms with van der Waals surface area (Å²) >= 11 is 1.60. The van der Waals surface area contributed by atoms with Crippen molar-refractivity contribution in [2.45, 2.75) is 32.4 Å². The van der Waals surface area contributed by atoms with Crippen LogP contribution >= 0.6 is 11.3 Å². The van der Waals surface area contributed by atoms with Crippen molar-refractivity contribution >= 4 is 29.1 Å². The van der Waals surface area contributed by atoms with E-state index in [0.717, 1.165) is 16.0 Å². The molecule has 1 saturated heterocycles. The Morgan fingerprint density at radius 1 is 1.00 bits per heavy atom. The van der Waals surface area contributed by atoms with Gasteiger partial charge in [0.15, 0.2) is 0 Å². The molecule has 30 heavy (non-hydrogen) atoms. The first kappa shape index (κ1) is 20.0. The third-order valence-corrected chi connectivity index (χ3v) is 6.16. The van der Waals surface area contributed by atoms with E-state index < -0.39 is 0 Å². The molecule has 0 radical (unpaired) electrons. The number of likely N-dealkylation sites (tertiary alicyclic amines) is 1. The number of imide groups is 1. The second-order valence-corrected chi connectivity index (χ2v) is 8.38. The summed E-state index contributed by atoms with van der Waals surface area (Å²) in [6, 6.07) is 19.0. The maximum Gasteiger partial charge on any atom is 0.252 e. The average molecular weight is 419 g/mol. The Kier molecular flexibility index (Phi) is 5.77. The Morgan fingerprint density at radius 3 is 2.27 bits per heavy atom. The van der Waals surface area contributed by atoms with Crippen LogP contribution in [0.3, 0.4) is 0 Å². The molecule has 3 aromatic rings. The number of nitrogens with zero attached hydrogens (tertiary/aromatic N) is 1. The van der Waals surface area contributed by atoms with Gasteiger partial charge in [0, 0.05) is 23.3 Å². The molecule has 1 aromatic heterocycles. The van der Waals surface area contributed by atoms with Gasteiger partial charge in [-0.05, 0) is 41.6 Å². The summed E-state index contributed by atoms with van der Waals surface area (Å²) in [5.74, 6) is -0.453. The van der Waals surface area contributed by atoms with Crippen molar-refractivity contribution in [3.63, 3.8) is 0 Å². The Bertz CT molecular complexity index is 1040. The van der Waals surface area contributed by atoms with Gasteiger partial charge in [0.05, 0.1) is 12.6 Å². The SMILES string of the molecule is Cc1ccc(C(NC(=O)c2ccc(CN3C(=O)CCC3=O)cc2)c2cccs2)cc1. The van der Waals surface area contributed by atoms with Gasteiger partial charge in [0.1, 0.15) is 0 Å². The molecule has 1 unspecified atom stereocenters. The molecule has 0 saturated carbocycles. The molecule has 1 atom stereocenters. The first-order valence-corrected chi connectivity index (χ1v) is 10.7. The summed E-state index contributed by atoms with van der Waals surface area (Å²) in [4.78, 5) is 38.9. The zero-order valence-corrected chi connectivity index (χ0v) is 17.4. The normalized spacial score (nSPS) is 14.8. The maximum absolute atomic E-state index is 12.9. The van der Waals surface area contributed by atoms with Crippen molar-refractivity contribution in [1.29, 1.82) is 0 Å². The van der Waals surface area contributed by atoms with Crippen LogP contribution in [0, 0.1) is 6.92 Å². The van der Waals surface area contributed by atoms with E-state index in [2.05, 4.69) is 5.32 Å². The van der Waals surface area contributed by atoms with Crippen LogP contribution in [0.1, 0.15) is 50.8 Å². The molecule has 1 aliphatic heterocycles. The van der Waals surface area contributed by atoms with E-state index in [4.69, 9.17) is 0 Å². The third kappa shape index (κ3) is 4.33. The molecule has 2 aromatic carbocycles. The number of carbonyl (C=O) groups is 3. The molecule has 1 aliphatic rings. The monoisotopic (exact) mass is 418 g/mol. The van der Waals surface area contributed by atoms with E-state index in [1.165, 1.54) is 10.5 Å². The summed E-state index contributed by atoms with van der Waals surface area (Å²) < 4.78 is 0. The minimum absolute atomic E-state index is 0.140. The zero-order valence-electron chi connectivity index (χ0n) is 16.6. The summed E-state index contributed by atoms with van der Waals surface area (Å²) in [6.45, 7) is 2.29. The first-order valence-electron chi connectivity index (χ1n) is 9.84. The van der Waals surface area contributed by atoms with Gasteiger partial charge in [-0.3, -0.25) is 19.3 Å². The van der Waals surface area contributed by atoms with Crippen LogP contribution in [-0.2, 0) is 16.1 Å². The number of carbonyl (C=O) groups excluding carboxylic acids is 3. The highest BCUT2D eigenvalue weighted by Gasteiger charge is 2.28. The van der Waals surface area contributed by atoms with Crippen LogP contribution in [0.5, 0.6) is 0 Å². The van der Waals surface area contributed by atoms with Gasteiger partial charge in [-0.2, -0.15) is 0 Å². The highest BCUT2D eigenvalue weighted by Crippen LogP contribution is 2.27. The summed E-state index contributed by atoms with van der Waals surface area (Å²) in [5, 5.41) is 5.13. The van der Waals surface area contributed by atoms with Crippen LogP contribution < -0.4 is 5.32 Å². The summed E-state index contributed by atoms with van der Waals surface area (Å²) in [5.41, 5.74) is 3.55. The van der Waals surface area contributed by atoms with E-state index >= 15 is 0 Å². The molecule has 6 heteroatoms. The van der Waals surface area contributed by atoms with Gasteiger partial charge in [-0.25, -0.2) is 0 Å². The lowest BCUT2D eigenvalue weighted by Crippen LogP contribution is -2.29. The van der Waals surface area contributed by atoms with E-state index in [1.54, 1.807) is 35.6 Å². The van der Waals surface area contributed by atoms with Gasteiger partial charge in [0.25, 0.3) is 5.91 Å². The molecular formula is C24H22N2O3S. The second kappa shape index (κ2) is 8.63. The molecule has 0 bridgehead atoms. The Hall–Kier alpha value is -3.25. The summed E-state index contributed by atoms with van der Waals surface area (Å²) in [7, 11) is 0. The number of nitrogens with one attached hydrogen (secondary N) is 1. The van der Waals surface area contributed by atoms with Crippen molar-refractivity contribution in [3.05, 3.63) is 93.2 Å². The topological polar surface area (TPSA) is 66.5 Å². The first-order chi connectivity index (χ1) is 14.5.